The lowest BCUT2D eigenvalue weighted by Crippen LogP contribution is -2.09. The Morgan fingerprint density at radius 3 is 2.43 bits per heavy atom. The molecule has 1 unspecified atom stereocenters. The fourth-order valence-electron chi connectivity index (χ4n) is 1.09. The van der Waals surface area contributed by atoms with Gasteiger partial charge in [-0.05, 0) is 30.5 Å². The molecule has 1 heterocycles. The van der Waals surface area contributed by atoms with Crippen molar-refractivity contribution < 1.29 is 0 Å². The molecule has 1 nitrogen and oxygen atoms in total. The third-order valence-corrected chi connectivity index (χ3v) is 3.41. The van der Waals surface area contributed by atoms with E-state index in [4.69, 9.17) is 5.73 Å². The van der Waals surface area contributed by atoms with Crippen molar-refractivity contribution in [2.75, 3.05) is 0 Å². The fraction of sp³-hybridized carbons (Fsp3) is 0.500. The van der Waals surface area contributed by atoms with Crippen molar-refractivity contribution in [2.45, 2.75) is 39.2 Å². The molecule has 0 aromatic carbocycles. The van der Waals surface area contributed by atoms with Gasteiger partial charge in [-0.1, -0.05) is 26.8 Å². The van der Waals surface area contributed by atoms with Crippen LogP contribution in [0.2, 0.25) is 0 Å². The highest BCUT2D eigenvalue weighted by molar-refractivity contribution is 7.13. The van der Waals surface area contributed by atoms with Crippen LogP contribution in [0, 0.1) is 0 Å². The first kappa shape index (κ1) is 11.5. The molecule has 0 amide bonds. The third kappa shape index (κ3) is 3.28. The van der Waals surface area contributed by atoms with Crippen molar-refractivity contribution in [3.8, 4) is 0 Å². The normalized spacial score (nSPS) is 14.9. The molecule has 14 heavy (non-hydrogen) atoms. The van der Waals surface area contributed by atoms with Crippen molar-refractivity contribution in [2.24, 2.45) is 5.73 Å². The first-order valence-corrected chi connectivity index (χ1v) is 5.75. The summed E-state index contributed by atoms with van der Waals surface area (Å²) in [5.74, 6) is 0. The zero-order chi connectivity index (χ0) is 10.8. The summed E-state index contributed by atoms with van der Waals surface area (Å²) in [5.41, 5.74) is 5.91. The van der Waals surface area contributed by atoms with Crippen LogP contribution >= 0.6 is 11.3 Å². The van der Waals surface area contributed by atoms with Crippen molar-refractivity contribution in [3.63, 3.8) is 0 Å². The van der Waals surface area contributed by atoms with Crippen LogP contribution in [0.4, 0.5) is 0 Å². The molecule has 0 aliphatic carbocycles. The molecule has 1 aromatic rings. The summed E-state index contributed by atoms with van der Waals surface area (Å²) in [4.78, 5) is 2.70. The smallest absolute Gasteiger partial charge is 0.0270 e. The molecule has 0 aliphatic heterocycles. The molecule has 0 saturated heterocycles. The highest BCUT2D eigenvalue weighted by Crippen LogP contribution is 2.29. The van der Waals surface area contributed by atoms with E-state index in [0.717, 1.165) is 0 Å². The SMILES string of the molecule is CC(N)/C=C/c1ccc(C(C)(C)C)s1. The number of thiophene rings is 1. The van der Waals surface area contributed by atoms with Crippen molar-refractivity contribution in [1.29, 1.82) is 0 Å². The topological polar surface area (TPSA) is 26.0 Å². The summed E-state index contributed by atoms with van der Waals surface area (Å²) in [5, 5.41) is 0. The Bertz CT molecular complexity index is 315. The predicted molar refractivity (Wildman–Crippen MR) is 65.7 cm³/mol. The van der Waals surface area contributed by atoms with Gasteiger partial charge in [0.05, 0.1) is 0 Å². The second kappa shape index (κ2) is 4.28. The number of hydrogen-bond donors (Lipinski definition) is 1. The number of nitrogens with two attached hydrogens (primary N) is 1. The largest absolute Gasteiger partial charge is 0.325 e. The van der Waals surface area contributed by atoms with Crippen LogP contribution in [0.1, 0.15) is 37.4 Å². The zero-order valence-electron chi connectivity index (χ0n) is 9.37. The molecule has 2 N–H and O–H groups in total. The maximum atomic E-state index is 5.65. The molecule has 2 heteroatoms. The number of rotatable bonds is 2. The van der Waals surface area contributed by atoms with E-state index in [0.29, 0.717) is 0 Å². The summed E-state index contributed by atoms with van der Waals surface area (Å²) in [7, 11) is 0. The summed E-state index contributed by atoms with van der Waals surface area (Å²) in [6.07, 6.45) is 4.13. The van der Waals surface area contributed by atoms with Gasteiger partial charge >= 0.3 is 0 Å². The molecule has 0 saturated carbocycles. The van der Waals surface area contributed by atoms with E-state index < -0.39 is 0 Å². The van der Waals surface area contributed by atoms with Gasteiger partial charge in [0, 0.05) is 15.8 Å². The van der Waals surface area contributed by atoms with Crippen molar-refractivity contribution in [3.05, 3.63) is 28.0 Å². The Balaban J connectivity index is 2.79. The van der Waals surface area contributed by atoms with E-state index in [-0.39, 0.29) is 11.5 Å². The maximum absolute atomic E-state index is 5.65. The summed E-state index contributed by atoms with van der Waals surface area (Å²) >= 11 is 1.84. The third-order valence-electron chi connectivity index (χ3n) is 1.93. The van der Waals surface area contributed by atoms with Crippen molar-refractivity contribution in [1.82, 2.24) is 0 Å². The summed E-state index contributed by atoms with van der Waals surface area (Å²) in [6, 6.07) is 4.49. The van der Waals surface area contributed by atoms with Crippen LogP contribution < -0.4 is 5.73 Å². The molecule has 1 rings (SSSR count). The van der Waals surface area contributed by atoms with E-state index in [2.05, 4.69) is 39.0 Å². The Morgan fingerprint density at radius 2 is 2.00 bits per heavy atom. The monoisotopic (exact) mass is 209 g/mol. The minimum atomic E-state index is 0.134. The van der Waals surface area contributed by atoms with Gasteiger partial charge in [0.2, 0.25) is 0 Å². The van der Waals surface area contributed by atoms with Gasteiger partial charge < -0.3 is 5.73 Å². The summed E-state index contributed by atoms with van der Waals surface area (Å²) in [6.45, 7) is 8.68. The Morgan fingerprint density at radius 1 is 1.36 bits per heavy atom. The molecular weight excluding hydrogens is 190 g/mol. The highest BCUT2D eigenvalue weighted by Gasteiger charge is 2.15. The Hall–Kier alpha value is -0.600. The molecule has 0 fully saturated rings. The van der Waals surface area contributed by atoms with Crippen LogP contribution in [0.5, 0.6) is 0 Å². The van der Waals surface area contributed by atoms with Gasteiger partial charge in [-0.15, -0.1) is 11.3 Å². The van der Waals surface area contributed by atoms with Gasteiger partial charge in [-0.3, -0.25) is 0 Å². The number of hydrogen-bond acceptors (Lipinski definition) is 2. The van der Waals surface area contributed by atoms with Crippen LogP contribution in [-0.2, 0) is 5.41 Å². The lowest BCUT2D eigenvalue weighted by molar-refractivity contribution is 0.604. The lowest BCUT2D eigenvalue weighted by Gasteiger charge is -2.15. The second-order valence-electron chi connectivity index (χ2n) is 4.67. The molecular formula is C12H19NS. The van der Waals surface area contributed by atoms with Crippen LogP contribution in [0.25, 0.3) is 6.08 Å². The first-order chi connectivity index (χ1) is 6.39. The minimum absolute atomic E-state index is 0.134. The van der Waals surface area contributed by atoms with Gasteiger partial charge in [0.15, 0.2) is 0 Å². The Kier molecular flexibility index (Phi) is 3.51. The minimum Gasteiger partial charge on any atom is -0.325 e. The maximum Gasteiger partial charge on any atom is 0.0270 e. The van der Waals surface area contributed by atoms with E-state index in [1.807, 2.05) is 24.3 Å². The van der Waals surface area contributed by atoms with Gasteiger partial charge in [-0.25, -0.2) is 0 Å². The molecule has 0 aliphatic rings. The zero-order valence-corrected chi connectivity index (χ0v) is 10.2. The van der Waals surface area contributed by atoms with Gasteiger partial charge in [0.25, 0.3) is 0 Å². The lowest BCUT2D eigenvalue weighted by atomic mass is 9.95. The molecule has 0 radical (unpaired) electrons. The van der Waals surface area contributed by atoms with Crippen LogP contribution in [0.3, 0.4) is 0 Å². The van der Waals surface area contributed by atoms with Gasteiger partial charge in [0.1, 0.15) is 0 Å². The van der Waals surface area contributed by atoms with Crippen molar-refractivity contribution >= 4 is 17.4 Å². The van der Waals surface area contributed by atoms with E-state index in [1.54, 1.807) is 0 Å². The molecule has 1 atom stereocenters. The molecule has 1 aromatic heterocycles. The average Bonchev–Trinajstić information content (AvgIpc) is 2.47. The van der Waals surface area contributed by atoms with Gasteiger partial charge in [-0.2, -0.15) is 0 Å². The molecule has 78 valence electrons. The standard InChI is InChI=1S/C12H19NS/c1-9(13)5-6-10-7-8-11(14-10)12(2,3)4/h5-9H,13H2,1-4H3/b6-5+. The highest BCUT2D eigenvalue weighted by atomic mass is 32.1. The average molecular weight is 209 g/mol. The summed E-state index contributed by atoms with van der Waals surface area (Å²) < 4.78 is 0. The fourth-order valence-corrected chi connectivity index (χ4v) is 2.07. The molecule has 0 bridgehead atoms. The predicted octanol–water partition coefficient (Wildman–Crippen LogP) is 3.41. The van der Waals surface area contributed by atoms with E-state index >= 15 is 0 Å². The molecule has 0 spiro atoms. The van der Waals surface area contributed by atoms with Crippen LogP contribution in [0.15, 0.2) is 18.2 Å². The van der Waals surface area contributed by atoms with E-state index in [1.165, 1.54) is 9.75 Å². The second-order valence-corrected chi connectivity index (χ2v) is 5.79. The Labute approximate surface area is 90.6 Å². The van der Waals surface area contributed by atoms with E-state index in [9.17, 15) is 0 Å². The quantitative estimate of drug-likeness (QED) is 0.793. The first-order valence-electron chi connectivity index (χ1n) is 4.93. The van der Waals surface area contributed by atoms with Crippen LogP contribution in [-0.4, -0.2) is 6.04 Å².